The molecule has 1 heterocycles. The van der Waals surface area contributed by atoms with Gasteiger partial charge in [0, 0.05) is 5.54 Å². The van der Waals surface area contributed by atoms with E-state index >= 15 is 0 Å². The second-order valence-corrected chi connectivity index (χ2v) is 5.01. The third kappa shape index (κ3) is 2.46. The predicted molar refractivity (Wildman–Crippen MR) is 59.0 cm³/mol. The summed E-state index contributed by atoms with van der Waals surface area (Å²) in [5.41, 5.74) is 0.412. The van der Waals surface area contributed by atoms with Crippen LogP contribution in [0.5, 0.6) is 0 Å². The lowest BCUT2D eigenvalue weighted by atomic mass is 9.84. The van der Waals surface area contributed by atoms with E-state index in [4.69, 9.17) is 0 Å². The van der Waals surface area contributed by atoms with Crippen LogP contribution in [-0.4, -0.2) is 23.5 Å². The van der Waals surface area contributed by atoms with E-state index in [0.29, 0.717) is 5.54 Å². The highest BCUT2D eigenvalue weighted by molar-refractivity contribution is 4.87. The molecule has 1 aliphatic rings. The SMILES string of the molecule is CCC(C)C(C)(C)N1CCCCC1. The first-order chi connectivity index (χ1) is 6.09. The van der Waals surface area contributed by atoms with Gasteiger partial charge in [-0.25, -0.2) is 0 Å². The van der Waals surface area contributed by atoms with Crippen molar-refractivity contribution in [3.63, 3.8) is 0 Å². The molecule has 78 valence electrons. The zero-order valence-corrected chi connectivity index (χ0v) is 9.77. The fourth-order valence-corrected chi connectivity index (χ4v) is 2.28. The molecule has 0 spiro atoms. The maximum absolute atomic E-state index is 2.69. The Balaban J connectivity index is 2.55. The van der Waals surface area contributed by atoms with Crippen LogP contribution in [0, 0.1) is 5.92 Å². The molecule has 0 bridgehead atoms. The van der Waals surface area contributed by atoms with E-state index in [1.807, 2.05) is 0 Å². The van der Waals surface area contributed by atoms with Gasteiger partial charge in [0.15, 0.2) is 0 Å². The molecule has 1 saturated heterocycles. The van der Waals surface area contributed by atoms with Gasteiger partial charge in [0.25, 0.3) is 0 Å². The largest absolute Gasteiger partial charge is 0.298 e. The van der Waals surface area contributed by atoms with Crippen LogP contribution < -0.4 is 0 Å². The zero-order valence-electron chi connectivity index (χ0n) is 9.77. The Morgan fingerprint density at radius 1 is 1.15 bits per heavy atom. The van der Waals surface area contributed by atoms with Gasteiger partial charge in [-0.2, -0.15) is 0 Å². The van der Waals surface area contributed by atoms with Gasteiger partial charge >= 0.3 is 0 Å². The van der Waals surface area contributed by atoms with E-state index in [1.54, 1.807) is 0 Å². The van der Waals surface area contributed by atoms with Crippen LogP contribution in [0.3, 0.4) is 0 Å². The molecule has 0 N–H and O–H groups in total. The topological polar surface area (TPSA) is 3.24 Å². The average Bonchev–Trinajstić information content (AvgIpc) is 2.18. The number of hydrogen-bond donors (Lipinski definition) is 0. The molecule has 13 heavy (non-hydrogen) atoms. The molecular formula is C12H25N. The minimum Gasteiger partial charge on any atom is -0.298 e. The maximum Gasteiger partial charge on any atom is 0.0178 e. The van der Waals surface area contributed by atoms with Crippen LogP contribution in [0.1, 0.15) is 53.4 Å². The molecule has 0 amide bonds. The van der Waals surface area contributed by atoms with Gasteiger partial charge in [-0.15, -0.1) is 0 Å². The van der Waals surface area contributed by atoms with Crippen molar-refractivity contribution in [1.29, 1.82) is 0 Å². The van der Waals surface area contributed by atoms with Crippen molar-refractivity contribution >= 4 is 0 Å². The molecule has 0 aromatic carbocycles. The molecule has 0 saturated carbocycles. The smallest absolute Gasteiger partial charge is 0.0178 e. The lowest BCUT2D eigenvalue weighted by molar-refractivity contribution is 0.0497. The van der Waals surface area contributed by atoms with Crippen molar-refractivity contribution in [2.75, 3.05) is 13.1 Å². The van der Waals surface area contributed by atoms with E-state index < -0.39 is 0 Å². The summed E-state index contributed by atoms with van der Waals surface area (Å²) in [6, 6.07) is 0. The highest BCUT2D eigenvalue weighted by atomic mass is 15.2. The van der Waals surface area contributed by atoms with Crippen molar-refractivity contribution in [3.8, 4) is 0 Å². The summed E-state index contributed by atoms with van der Waals surface area (Å²) in [5, 5.41) is 0. The summed E-state index contributed by atoms with van der Waals surface area (Å²) in [6.45, 7) is 12.1. The molecule has 1 fully saturated rings. The third-order valence-corrected chi connectivity index (χ3v) is 3.99. The molecule has 0 aromatic heterocycles. The highest BCUT2D eigenvalue weighted by Gasteiger charge is 2.31. The van der Waals surface area contributed by atoms with Crippen molar-refractivity contribution in [1.82, 2.24) is 4.90 Å². The minimum atomic E-state index is 0.412. The average molecular weight is 183 g/mol. The summed E-state index contributed by atoms with van der Waals surface area (Å²) in [7, 11) is 0. The number of nitrogens with zero attached hydrogens (tertiary/aromatic N) is 1. The molecular weight excluding hydrogens is 158 g/mol. The van der Waals surface area contributed by atoms with E-state index in [0.717, 1.165) is 5.92 Å². The van der Waals surface area contributed by atoms with Crippen LogP contribution in [0.15, 0.2) is 0 Å². The summed E-state index contributed by atoms with van der Waals surface area (Å²) in [6.07, 6.45) is 5.54. The van der Waals surface area contributed by atoms with Gasteiger partial charge in [0.2, 0.25) is 0 Å². The predicted octanol–water partition coefficient (Wildman–Crippen LogP) is 3.30. The van der Waals surface area contributed by atoms with Crippen molar-refractivity contribution in [3.05, 3.63) is 0 Å². The van der Waals surface area contributed by atoms with Crippen LogP contribution in [0.25, 0.3) is 0 Å². The van der Waals surface area contributed by atoms with Gasteiger partial charge in [0.1, 0.15) is 0 Å². The first-order valence-corrected chi connectivity index (χ1v) is 5.84. The van der Waals surface area contributed by atoms with E-state index in [9.17, 15) is 0 Å². The van der Waals surface area contributed by atoms with Gasteiger partial charge in [-0.05, 0) is 45.7 Å². The molecule has 1 heteroatoms. The Bertz CT molecular complexity index is 145. The molecule has 1 unspecified atom stereocenters. The lowest BCUT2D eigenvalue weighted by Crippen LogP contribution is -2.50. The van der Waals surface area contributed by atoms with E-state index in [1.165, 1.54) is 38.8 Å². The van der Waals surface area contributed by atoms with Crippen molar-refractivity contribution in [2.24, 2.45) is 5.92 Å². The maximum atomic E-state index is 2.69. The first-order valence-electron chi connectivity index (χ1n) is 5.84. The summed E-state index contributed by atoms with van der Waals surface area (Å²) < 4.78 is 0. The zero-order chi connectivity index (χ0) is 9.90. The van der Waals surface area contributed by atoms with Gasteiger partial charge in [0.05, 0.1) is 0 Å². The van der Waals surface area contributed by atoms with Crippen LogP contribution in [0.4, 0.5) is 0 Å². The van der Waals surface area contributed by atoms with Gasteiger partial charge < -0.3 is 0 Å². The summed E-state index contributed by atoms with van der Waals surface area (Å²) >= 11 is 0. The Morgan fingerprint density at radius 3 is 2.15 bits per heavy atom. The van der Waals surface area contributed by atoms with Crippen molar-refractivity contribution < 1.29 is 0 Å². The molecule has 0 aromatic rings. The fourth-order valence-electron chi connectivity index (χ4n) is 2.28. The van der Waals surface area contributed by atoms with Crippen LogP contribution >= 0.6 is 0 Å². The summed E-state index contributed by atoms with van der Waals surface area (Å²) in [4.78, 5) is 2.69. The van der Waals surface area contributed by atoms with Crippen molar-refractivity contribution in [2.45, 2.75) is 58.9 Å². The van der Waals surface area contributed by atoms with Crippen LogP contribution in [0.2, 0.25) is 0 Å². The number of likely N-dealkylation sites (tertiary alicyclic amines) is 1. The van der Waals surface area contributed by atoms with Gasteiger partial charge in [-0.3, -0.25) is 4.90 Å². The third-order valence-electron chi connectivity index (χ3n) is 3.99. The monoisotopic (exact) mass is 183 g/mol. The second-order valence-electron chi connectivity index (χ2n) is 5.01. The first kappa shape index (κ1) is 11.0. The number of piperidine rings is 1. The van der Waals surface area contributed by atoms with Crippen LogP contribution in [-0.2, 0) is 0 Å². The molecule has 0 radical (unpaired) electrons. The fraction of sp³-hybridized carbons (Fsp3) is 1.00. The Hall–Kier alpha value is -0.0400. The minimum absolute atomic E-state index is 0.412. The molecule has 1 aliphatic heterocycles. The van der Waals surface area contributed by atoms with Gasteiger partial charge in [-0.1, -0.05) is 26.7 Å². The van der Waals surface area contributed by atoms with E-state index in [2.05, 4.69) is 32.6 Å². The molecule has 1 rings (SSSR count). The number of rotatable bonds is 3. The normalized spacial score (nSPS) is 23.1. The Morgan fingerprint density at radius 2 is 1.69 bits per heavy atom. The Kier molecular flexibility index (Phi) is 3.78. The Labute approximate surface area is 83.5 Å². The van der Waals surface area contributed by atoms with E-state index in [-0.39, 0.29) is 0 Å². The second kappa shape index (κ2) is 4.45. The lowest BCUT2D eigenvalue weighted by Gasteiger charge is -2.44. The quantitative estimate of drug-likeness (QED) is 0.649. The molecule has 1 nitrogen and oxygen atoms in total. The summed E-state index contributed by atoms with van der Waals surface area (Å²) in [5.74, 6) is 0.811. The number of hydrogen-bond acceptors (Lipinski definition) is 1. The highest BCUT2D eigenvalue weighted by Crippen LogP contribution is 2.29. The molecule has 1 atom stereocenters. The standard InChI is InChI=1S/C12H25N/c1-5-11(2)12(3,4)13-9-7-6-8-10-13/h11H,5-10H2,1-4H3. The molecule has 0 aliphatic carbocycles.